The number of nitrogens with two attached hydrogens (primary N) is 1. The van der Waals surface area contributed by atoms with E-state index in [1.165, 1.54) is 31.4 Å². The van der Waals surface area contributed by atoms with Crippen molar-refractivity contribution in [2.45, 2.75) is 4.90 Å². The molecule has 0 saturated heterocycles. The van der Waals surface area contributed by atoms with E-state index in [1.54, 1.807) is 0 Å². The maximum absolute atomic E-state index is 11.7. The first-order chi connectivity index (χ1) is 7.47. The standard InChI is InChI=1S/C10H13NO4S/c1-15-6-7-16(13,14)9-4-2-8(3-5-9)10(11)12/h2-5H,6-7H2,1H3,(H2,11,12). The van der Waals surface area contributed by atoms with Gasteiger partial charge >= 0.3 is 0 Å². The van der Waals surface area contributed by atoms with Crippen molar-refractivity contribution in [3.05, 3.63) is 29.8 Å². The summed E-state index contributed by atoms with van der Waals surface area (Å²) in [5, 5.41) is 0. The highest BCUT2D eigenvalue weighted by molar-refractivity contribution is 7.91. The van der Waals surface area contributed by atoms with Crippen LogP contribution in [0.3, 0.4) is 0 Å². The minimum Gasteiger partial charge on any atom is -0.384 e. The molecule has 0 fully saturated rings. The number of methoxy groups -OCH3 is 1. The molecule has 16 heavy (non-hydrogen) atoms. The topological polar surface area (TPSA) is 86.5 Å². The van der Waals surface area contributed by atoms with Gasteiger partial charge < -0.3 is 10.5 Å². The molecule has 0 aliphatic heterocycles. The predicted octanol–water partition coefficient (Wildman–Crippen LogP) is 0.206. The maximum atomic E-state index is 11.7. The third kappa shape index (κ3) is 3.04. The molecule has 1 amide bonds. The monoisotopic (exact) mass is 243 g/mol. The zero-order valence-electron chi connectivity index (χ0n) is 8.84. The molecule has 0 bridgehead atoms. The van der Waals surface area contributed by atoms with Crippen molar-refractivity contribution in [1.82, 2.24) is 0 Å². The van der Waals surface area contributed by atoms with E-state index in [9.17, 15) is 13.2 Å². The lowest BCUT2D eigenvalue weighted by Crippen LogP contribution is -2.13. The van der Waals surface area contributed by atoms with Crippen molar-refractivity contribution >= 4 is 15.7 Å². The maximum Gasteiger partial charge on any atom is 0.248 e. The second-order valence-electron chi connectivity index (χ2n) is 3.20. The van der Waals surface area contributed by atoms with Crippen LogP contribution >= 0.6 is 0 Å². The molecule has 1 rings (SSSR count). The second-order valence-corrected chi connectivity index (χ2v) is 5.31. The fourth-order valence-electron chi connectivity index (χ4n) is 1.14. The quantitative estimate of drug-likeness (QED) is 0.800. The van der Waals surface area contributed by atoms with Gasteiger partial charge in [-0.15, -0.1) is 0 Å². The number of rotatable bonds is 5. The van der Waals surface area contributed by atoms with Crippen molar-refractivity contribution in [2.75, 3.05) is 19.5 Å². The Hall–Kier alpha value is -1.40. The molecule has 88 valence electrons. The normalized spacial score (nSPS) is 11.3. The molecule has 0 aliphatic rings. The Morgan fingerprint density at radius 2 is 1.88 bits per heavy atom. The SMILES string of the molecule is COCCS(=O)(=O)c1ccc(C(N)=O)cc1. The summed E-state index contributed by atoms with van der Waals surface area (Å²) < 4.78 is 28.1. The Morgan fingerprint density at radius 1 is 1.31 bits per heavy atom. The van der Waals surface area contributed by atoms with E-state index in [0.29, 0.717) is 0 Å². The molecule has 1 aromatic carbocycles. The van der Waals surface area contributed by atoms with Crippen LogP contribution in [-0.2, 0) is 14.6 Å². The highest BCUT2D eigenvalue weighted by Gasteiger charge is 2.14. The molecular formula is C10H13NO4S. The van der Waals surface area contributed by atoms with Crippen LogP contribution in [0.15, 0.2) is 29.2 Å². The molecule has 0 saturated carbocycles. The van der Waals surface area contributed by atoms with Crippen LogP contribution in [0.2, 0.25) is 0 Å². The summed E-state index contributed by atoms with van der Waals surface area (Å²) in [4.78, 5) is 10.9. The molecule has 0 heterocycles. The third-order valence-electron chi connectivity index (χ3n) is 2.05. The molecular weight excluding hydrogens is 230 g/mol. The highest BCUT2D eigenvalue weighted by Crippen LogP contribution is 2.12. The molecule has 1 aromatic rings. The summed E-state index contributed by atoms with van der Waals surface area (Å²) in [5.41, 5.74) is 5.33. The number of carbonyl (C=O) groups excluding carboxylic acids is 1. The largest absolute Gasteiger partial charge is 0.384 e. The Kier molecular flexibility index (Phi) is 4.03. The van der Waals surface area contributed by atoms with Crippen LogP contribution in [0.4, 0.5) is 0 Å². The fourth-order valence-corrected chi connectivity index (χ4v) is 2.31. The van der Waals surface area contributed by atoms with Crippen LogP contribution in [0.25, 0.3) is 0 Å². The zero-order valence-corrected chi connectivity index (χ0v) is 9.66. The number of carbonyl (C=O) groups is 1. The number of hydrogen-bond donors (Lipinski definition) is 1. The Labute approximate surface area is 94.1 Å². The highest BCUT2D eigenvalue weighted by atomic mass is 32.2. The van der Waals surface area contributed by atoms with Crippen LogP contribution in [0.1, 0.15) is 10.4 Å². The van der Waals surface area contributed by atoms with E-state index in [4.69, 9.17) is 10.5 Å². The van der Waals surface area contributed by atoms with E-state index in [0.717, 1.165) is 0 Å². The summed E-state index contributed by atoms with van der Waals surface area (Å²) in [6.45, 7) is 0.139. The van der Waals surface area contributed by atoms with Gasteiger partial charge in [-0.3, -0.25) is 4.79 Å². The molecule has 0 aromatic heterocycles. The Bertz CT molecular complexity index is 464. The van der Waals surface area contributed by atoms with Gasteiger partial charge in [-0.05, 0) is 24.3 Å². The molecule has 5 nitrogen and oxygen atoms in total. The smallest absolute Gasteiger partial charge is 0.248 e. The summed E-state index contributed by atoms with van der Waals surface area (Å²) in [5.74, 6) is -0.666. The Morgan fingerprint density at radius 3 is 2.31 bits per heavy atom. The van der Waals surface area contributed by atoms with Gasteiger partial charge in [0, 0.05) is 12.7 Å². The molecule has 2 N–H and O–H groups in total. The van der Waals surface area contributed by atoms with Crippen molar-refractivity contribution in [3.63, 3.8) is 0 Å². The van der Waals surface area contributed by atoms with Gasteiger partial charge in [0.1, 0.15) is 0 Å². The summed E-state index contributed by atoms with van der Waals surface area (Å²) in [6.07, 6.45) is 0. The lowest BCUT2D eigenvalue weighted by Gasteiger charge is -2.04. The number of sulfone groups is 1. The van der Waals surface area contributed by atoms with E-state index < -0.39 is 15.7 Å². The molecule has 0 spiro atoms. The first-order valence-corrected chi connectivity index (χ1v) is 6.24. The molecule has 0 aliphatic carbocycles. The third-order valence-corrected chi connectivity index (χ3v) is 3.75. The first-order valence-electron chi connectivity index (χ1n) is 4.59. The molecule has 0 unspecified atom stereocenters. The van der Waals surface area contributed by atoms with Crippen molar-refractivity contribution in [2.24, 2.45) is 5.73 Å². The van der Waals surface area contributed by atoms with E-state index >= 15 is 0 Å². The lowest BCUT2D eigenvalue weighted by molar-refractivity contribution is 0.1000. The summed E-state index contributed by atoms with van der Waals surface area (Å²) in [7, 11) is -1.91. The second kappa shape index (κ2) is 5.09. The van der Waals surface area contributed by atoms with Gasteiger partial charge in [-0.2, -0.15) is 0 Å². The van der Waals surface area contributed by atoms with Crippen LogP contribution in [-0.4, -0.2) is 33.8 Å². The molecule has 0 radical (unpaired) electrons. The van der Waals surface area contributed by atoms with Gasteiger partial charge in [0.2, 0.25) is 5.91 Å². The van der Waals surface area contributed by atoms with E-state index in [-0.39, 0.29) is 22.8 Å². The number of benzene rings is 1. The van der Waals surface area contributed by atoms with E-state index in [1.807, 2.05) is 0 Å². The Balaban J connectivity index is 2.93. The fraction of sp³-hybridized carbons (Fsp3) is 0.300. The number of primary amides is 1. The molecule has 0 atom stereocenters. The van der Waals surface area contributed by atoms with Gasteiger partial charge in [0.05, 0.1) is 17.3 Å². The average molecular weight is 243 g/mol. The summed E-state index contributed by atoms with van der Waals surface area (Å²) >= 11 is 0. The zero-order chi connectivity index (χ0) is 12.2. The van der Waals surface area contributed by atoms with Gasteiger partial charge in [0.15, 0.2) is 9.84 Å². The minimum absolute atomic E-state index is 0.0839. The first kappa shape index (κ1) is 12.7. The van der Waals surface area contributed by atoms with Crippen LogP contribution in [0.5, 0.6) is 0 Å². The predicted molar refractivity (Wildman–Crippen MR) is 58.9 cm³/mol. The van der Waals surface area contributed by atoms with E-state index in [2.05, 4.69) is 0 Å². The number of hydrogen-bond acceptors (Lipinski definition) is 4. The lowest BCUT2D eigenvalue weighted by atomic mass is 10.2. The van der Waals surface area contributed by atoms with Crippen LogP contribution in [0, 0.1) is 0 Å². The average Bonchev–Trinajstić information content (AvgIpc) is 2.26. The van der Waals surface area contributed by atoms with Gasteiger partial charge in [-0.25, -0.2) is 8.42 Å². The van der Waals surface area contributed by atoms with Crippen molar-refractivity contribution in [1.29, 1.82) is 0 Å². The minimum atomic E-state index is -3.34. The number of amides is 1. The summed E-state index contributed by atoms with van der Waals surface area (Å²) in [6, 6.07) is 5.51. The van der Waals surface area contributed by atoms with Gasteiger partial charge in [0.25, 0.3) is 0 Å². The van der Waals surface area contributed by atoms with Crippen molar-refractivity contribution in [3.8, 4) is 0 Å². The van der Waals surface area contributed by atoms with Gasteiger partial charge in [-0.1, -0.05) is 0 Å². The van der Waals surface area contributed by atoms with Crippen molar-refractivity contribution < 1.29 is 17.9 Å². The molecule has 6 heteroatoms. The van der Waals surface area contributed by atoms with Crippen LogP contribution < -0.4 is 5.73 Å². The number of ether oxygens (including phenoxy) is 1.